The number of rotatable bonds is 8. The SMILES string of the molecule is CCOc1ccc(CNC(CC(=O)O)c2cccs2)cc1. The number of hydrogen-bond donors (Lipinski definition) is 2. The van der Waals surface area contributed by atoms with E-state index in [-0.39, 0.29) is 12.5 Å². The molecule has 1 unspecified atom stereocenters. The van der Waals surface area contributed by atoms with Gasteiger partial charge in [0.05, 0.1) is 19.1 Å². The van der Waals surface area contributed by atoms with Crippen molar-refractivity contribution in [2.24, 2.45) is 0 Å². The number of carbonyl (C=O) groups is 1. The maximum atomic E-state index is 11.0. The Balaban J connectivity index is 1.96. The van der Waals surface area contributed by atoms with Gasteiger partial charge in [0.2, 0.25) is 0 Å². The Labute approximate surface area is 128 Å². The van der Waals surface area contributed by atoms with E-state index in [1.807, 2.05) is 48.7 Å². The van der Waals surface area contributed by atoms with Crippen LogP contribution in [-0.2, 0) is 11.3 Å². The molecule has 0 bridgehead atoms. The van der Waals surface area contributed by atoms with Crippen LogP contribution in [0.2, 0.25) is 0 Å². The van der Waals surface area contributed by atoms with Crippen molar-refractivity contribution in [1.29, 1.82) is 0 Å². The molecule has 1 aromatic carbocycles. The Morgan fingerprint density at radius 1 is 1.33 bits per heavy atom. The lowest BCUT2D eigenvalue weighted by atomic mass is 10.1. The van der Waals surface area contributed by atoms with Crippen molar-refractivity contribution in [2.45, 2.75) is 25.9 Å². The maximum absolute atomic E-state index is 11.0. The Kier molecular flexibility index (Phi) is 5.78. The second kappa shape index (κ2) is 7.81. The number of nitrogens with one attached hydrogen (secondary N) is 1. The zero-order valence-electron chi connectivity index (χ0n) is 11.9. The highest BCUT2D eigenvalue weighted by atomic mass is 32.1. The van der Waals surface area contributed by atoms with Crippen LogP contribution in [0.1, 0.15) is 29.8 Å². The minimum atomic E-state index is -0.799. The second-order valence-electron chi connectivity index (χ2n) is 4.62. The van der Waals surface area contributed by atoms with Crippen LogP contribution in [0.25, 0.3) is 0 Å². The highest BCUT2D eigenvalue weighted by molar-refractivity contribution is 7.10. The van der Waals surface area contributed by atoms with E-state index in [1.165, 1.54) is 0 Å². The monoisotopic (exact) mass is 305 g/mol. The molecule has 0 spiro atoms. The number of carboxylic acids is 1. The third kappa shape index (κ3) is 4.88. The molecule has 1 heterocycles. The van der Waals surface area contributed by atoms with Gasteiger partial charge in [0.15, 0.2) is 0 Å². The first-order chi connectivity index (χ1) is 10.2. The largest absolute Gasteiger partial charge is 0.494 e. The van der Waals surface area contributed by atoms with Crippen molar-refractivity contribution in [1.82, 2.24) is 5.32 Å². The molecule has 4 nitrogen and oxygen atoms in total. The summed E-state index contributed by atoms with van der Waals surface area (Å²) in [5.74, 6) is 0.0502. The summed E-state index contributed by atoms with van der Waals surface area (Å²) in [6.07, 6.45) is 0.0809. The highest BCUT2D eigenvalue weighted by Gasteiger charge is 2.15. The highest BCUT2D eigenvalue weighted by Crippen LogP contribution is 2.22. The summed E-state index contributed by atoms with van der Waals surface area (Å²) in [5, 5.41) is 14.3. The number of aliphatic carboxylic acids is 1. The van der Waals surface area contributed by atoms with Gasteiger partial charge in [0, 0.05) is 11.4 Å². The number of hydrogen-bond acceptors (Lipinski definition) is 4. The van der Waals surface area contributed by atoms with Crippen LogP contribution in [-0.4, -0.2) is 17.7 Å². The lowest BCUT2D eigenvalue weighted by Gasteiger charge is -2.15. The van der Waals surface area contributed by atoms with Crippen LogP contribution in [0.5, 0.6) is 5.75 Å². The van der Waals surface area contributed by atoms with Gasteiger partial charge < -0.3 is 15.2 Å². The molecule has 2 aromatic rings. The number of thiophene rings is 1. The minimum absolute atomic E-state index is 0.0809. The van der Waals surface area contributed by atoms with Gasteiger partial charge in [-0.1, -0.05) is 18.2 Å². The van der Waals surface area contributed by atoms with E-state index in [1.54, 1.807) is 11.3 Å². The van der Waals surface area contributed by atoms with Crippen molar-refractivity contribution in [2.75, 3.05) is 6.61 Å². The summed E-state index contributed by atoms with van der Waals surface area (Å²) < 4.78 is 5.40. The molecule has 2 N–H and O–H groups in total. The van der Waals surface area contributed by atoms with E-state index in [4.69, 9.17) is 9.84 Å². The Hall–Kier alpha value is -1.85. The minimum Gasteiger partial charge on any atom is -0.494 e. The van der Waals surface area contributed by atoms with Crippen molar-refractivity contribution in [3.05, 3.63) is 52.2 Å². The van der Waals surface area contributed by atoms with Crippen molar-refractivity contribution < 1.29 is 14.6 Å². The van der Waals surface area contributed by atoms with E-state index in [9.17, 15) is 4.79 Å². The van der Waals surface area contributed by atoms with E-state index in [0.717, 1.165) is 16.2 Å². The number of carboxylic acid groups (broad SMARTS) is 1. The Morgan fingerprint density at radius 2 is 2.10 bits per heavy atom. The normalized spacial score (nSPS) is 12.0. The van der Waals surface area contributed by atoms with Crippen molar-refractivity contribution in [3.63, 3.8) is 0 Å². The van der Waals surface area contributed by atoms with Crippen LogP contribution in [0.4, 0.5) is 0 Å². The predicted octanol–water partition coefficient (Wildman–Crippen LogP) is 3.45. The summed E-state index contributed by atoms with van der Waals surface area (Å²) >= 11 is 1.57. The lowest BCUT2D eigenvalue weighted by Crippen LogP contribution is -2.22. The first-order valence-electron chi connectivity index (χ1n) is 6.89. The van der Waals surface area contributed by atoms with Crippen molar-refractivity contribution >= 4 is 17.3 Å². The van der Waals surface area contributed by atoms with E-state index in [2.05, 4.69) is 5.32 Å². The van der Waals surface area contributed by atoms with Gasteiger partial charge in [-0.25, -0.2) is 0 Å². The van der Waals surface area contributed by atoms with Crippen LogP contribution >= 0.6 is 11.3 Å². The van der Waals surface area contributed by atoms with E-state index >= 15 is 0 Å². The fourth-order valence-electron chi connectivity index (χ4n) is 2.05. The predicted molar refractivity (Wildman–Crippen MR) is 83.8 cm³/mol. The van der Waals surface area contributed by atoms with Crippen molar-refractivity contribution in [3.8, 4) is 5.75 Å². The summed E-state index contributed by atoms with van der Waals surface area (Å²) in [7, 11) is 0. The lowest BCUT2D eigenvalue weighted by molar-refractivity contribution is -0.137. The zero-order chi connectivity index (χ0) is 15.1. The van der Waals surface area contributed by atoms with Gasteiger partial charge in [-0.15, -0.1) is 11.3 Å². The molecule has 0 aliphatic heterocycles. The Morgan fingerprint density at radius 3 is 2.67 bits per heavy atom. The summed E-state index contributed by atoms with van der Waals surface area (Å²) in [6.45, 7) is 3.23. The topological polar surface area (TPSA) is 58.6 Å². The standard InChI is InChI=1S/C16H19NO3S/c1-2-20-13-7-5-12(6-8-13)11-17-14(10-16(18)19)15-4-3-9-21-15/h3-9,14,17H,2,10-11H2,1H3,(H,18,19). The molecule has 0 aliphatic rings. The third-order valence-corrected chi connectivity index (χ3v) is 4.04. The molecule has 0 aliphatic carbocycles. The number of ether oxygens (including phenoxy) is 1. The summed E-state index contributed by atoms with van der Waals surface area (Å²) in [6, 6.07) is 11.6. The van der Waals surface area contributed by atoms with Gasteiger partial charge >= 0.3 is 5.97 Å². The molecular weight excluding hydrogens is 286 g/mol. The molecule has 112 valence electrons. The first-order valence-corrected chi connectivity index (χ1v) is 7.77. The van der Waals surface area contributed by atoms with E-state index < -0.39 is 5.97 Å². The second-order valence-corrected chi connectivity index (χ2v) is 5.60. The third-order valence-electron chi connectivity index (χ3n) is 3.05. The van der Waals surface area contributed by atoms with Crippen LogP contribution in [0.15, 0.2) is 41.8 Å². The molecule has 0 saturated heterocycles. The Bertz CT molecular complexity index is 551. The molecule has 5 heteroatoms. The average molecular weight is 305 g/mol. The van der Waals surface area contributed by atoms with Crippen LogP contribution < -0.4 is 10.1 Å². The average Bonchev–Trinajstić information content (AvgIpc) is 2.99. The van der Waals surface area contributed by atoms with E-state index in [0.29, 0.717) is 13.2 Å². The smallest absolute Gasteiger partial charge is 0.305 e. The molecule has 1 atom stereocenters. The quantitative estimate of drug-likeness (QED) is 0.784. The molecule has 0 fully saturated rings. The molecule has 21 heavy (non-hydrogen) atoms. The number of benzene rings is 1. The fourth-order valence-corrected chi connectivity index (χ4v) is 2.85. The molecule has 0 radical (unpaired) electrons. The molecule has 0 amide bonds. The van der Waals surface area contributed by atoms with Crippen LogP contribution in [0.3, 0.4) is 0 Å². The van der Waals surface area contributed by atoms with Gasteiger partial charge in [-0.05, 0) is 36.1 Å². The van der Waals surface area contributed by atoms with Gasteiger partial charge in [-0.2, -0.15) is 0 Å². The molecular formula is C16H19NO3S. The zero-order valence-corrected chi connectivity index (χ0v) is 12.7. The summed E-state index contributed by atoms with van der Waals surface area (Å²) in [4.78, 5) is 12.0. The maximum Gasteiger partial charge on any atom is 0.305 e. The fraction of sp³-hybridized carbons (Fsp3) is 0.312. The van der Waals surface area contributed by atoms with Crippen LogP contribution in [0, 0.1) is 0 Å². The van der Waals surface area contributed by atoms with Gasteiger partial charge in [-0.3, -0.25) is 4.79 Å². The molecule has 2 rings (SSSR count). The first kappa shape index (κ1) is 15.5. The summed E-state index contributed by atoms with van der Waals surface area (Å²) in [5.41, 5.74) is 1.10. The van der Waals surface area contributed by atoms with Gasteiger partial charge in [0.1, 0.15) is 5.75 Å². The van der Waals surface area contributed by atoms with Gasteiger partial charge in [0.25, 0.3) is 0 Å². The molecule has 1 aromatic heterocycles. The molecule has 0 saturated carbocycles.